The summed E-state index contributed by atoms with van der Waals surface area (Å²) in [7, 11) is -0.295. The fraction of sp³-hybridized carbons (Fsp3) is 0.333. The highest BCUT2D eigenvalue weighted by molar-refractivity contribution is 6.19. The topological polar surface area (TPSA) is 34.4 Å². The number of rotatable bonds is 7. The van der Waals surface area contributed by atoms with Crippen LogP contribution in [0.1, 0.15) is 32.6 Å². The molecule has 2 aromatic carbocycles. The van der Waals surface area contributed by atoms with E-state index in [1.165, 1.54) is 35.6 Å². The normalized spacial score (nSPS) is 11.2. The Morgan fingerprint density at radius 3 is 2.64 bits per heavy atom. The van der Waals surface area contributed by atoms with Gasteiger partial charge in [0.05, 0.1) is 5.52 Å². The lowest BCUT2D eigenvalue weighted by atomic mass is 10.1. The summed E-state index contributed by atoms with van der Waals surface area (Å²) in [4.78, 5) is 0. The number of para-hydroxylation sites is 2. The van der Waals surface area contributed by atoms with Gasteiger partial charge in [-0.05, 0) is 18.6 Å². The minimum atomic E-state index is -0.295. The summed E-state index contributed by atoms with van der Waals surface area (Å²) in [6.07, 6.45) is 4.92. The van der Waals surface area contributed by atoms with Gasteiger partial charge in [0, 0.05) is 22.8 Å². The second-order valence-electron chi connectivity index (χ2n) is 5.66. The zero-order chi connectivity index (χ0) is 15.4. The molecule has 3 aromatic rings. The molecular weight excluding hydrogens is 273 g/mol. The first kappa shape index (κ1) is 15.0. The van der Waals surface area contributed by atoms with Gasteiger partial charge < -0.3 is 14.2 Å². The zero-order valence-corrected chi connectivity index (χ0v) is 13.1. The lowest BCUT2D eigenvalue weighted by Crippen LogP contribution is -2.03. The van der Waals surface area contributed by atoms with Gasteiger partial charge in [-0.25, -0.2) is 0 Å². The summed E-state index contributed by atoms with van der Waals surface area (Å²) in [5.41, 5.74) is 2.33. The number of benzene rings is 2. The van der Waals surface area contributed by atoms with Crippen LogP contribution in [-0.4, -0.2) is 17.3 Å². The highest BCUT2D eigenvalue weighted by atomic mass is 16.5. The van der Waals surface area contributed by atoms with Crippen molar-refractivity contribution in [2.24, 2.45) is 0 Å². The standard InChI is InChI=1S/C18H22BNO2/c1-2-3-4-7-13-20-16-11-6-5-9-14(16)15-10-8-12-17(18(15)20)22-19-21/h5-6,8-12,19,21H,2-4,7,13H2,1H3. The number of hydrogen-bond donors (Lipinski definition) is 1. The van der Waals surface area contributed by atoms with E-state index in [0.29, 0.717) is 0 Å². The van der Waals surface area contributed by atoms with E-state index in [1.807, 2.05) is 12.1 Å². The number of unbranched alkanes of at least 4 members (excludes halogenated alkanes) is 3. The van der Waals surface area contributed by atoms with Gasteiger partial charge in [0.25, 0.3) is 0 Å². The van der Waals surface area contributed by atoms with Crippen molar-refractivity contribution in [3.63, 3.8) is 0 Å². The number of hydrogen-bond acceptors (Lipinski definition) is 2. The van der Waals surface area contributed by atoms with Crippen LogP contribution in [0.4, 0.5) is 0 Å². The third-order valence-electron chi connectivity index (χ3n) is 4.21. The van der Waals surface area contributed by atoms with Gasteiger partial charge in [-0.2, -0.15) is 0 Å². The molecule has 0 bridgehead atoms. The van der Waals surface area contributed by atoms with E-state index in [0.717, 1.165) is 24.2 Å². The molecule has 0 fully saturated rings. The zero-order valence-electron chi connectivity index (χ0n) is 13.1. The molecule has 0 atom stereocenters. The minimum Gasteiger partial charge on any atom is -0.537 e. The van der Waals surface area contributed by atoms with Crippen LogP contribution in [-0.2, 0) is 6.54 Å². The summed E-state index contributed by atoms with van der Waals surface area (Å²) < 4.78 is 7.79. The van der Waals surface area contributed by atoms with Gasteiger partial charge in [-0.15, -0.1) is 0 Å². The second kappa shape index (κ2) is 6.88. The van der Waals surface area contributed by atoms with E-state index in [1.54, 1.807) is 0 Å². The molecule has 0 saturated heterocycles. The lowest BCUT2D eigenvalue weighted by Gasteiger charge is -2.11. The van der Waals surface area contributed by atoms with Gasteiger partial charge in [0.15, 0.2) is 0 Å². The van der Waals surface area contributed by atoms with Gasteiger partial charge in [-0.1, -0.05) is 56.5 Å². The number of aryl methyl sites for hydroxylation is 1. The molecule has 0 saturated carbocycles. The molecule has 1 aromatic heterocycles. The Morgan fingerprint density at radius 2 is 1.82 bits per heavy atom. The van der Waals surface area contributed by atoms with Gasteiger partial charge >= 0.3 is 7.69 Å². The average Bonchev–Trinajstić information content (AvgIpc) is 2.87. The molecule has 3 nitrogen and oxygen atoms in total. The van der Waals surface area contributed by atoms with Crippen LogP contribution in [0, 0.1) is 0 Å². The Hall–Kier alpha value is -1.94. The van der Waals surface area contributed by atoms with E-state index in [2.05, 4.69) is 41.8 Å². The maximum absolute atomic E-state index is 9.16. The maximum atomic E-state index is 9.16. The van der Waals surface area contributed by atoms with Gasteiger partial charge in [0.1, 0.15) is 5.75 Å². The third kappa shape index (κ3) is 2.71. The number of nitrogens with zero attached hydrogens (tertiary/aromatic N) is 1. The van der Waals surface area contributed by atoms with Crippen LogP contribution in [0.2, 0.25) is 0 Å². The summed E-state index contributed by atoms with van der Waals surface area (Å²) in [5, 5.41) is 11.6. The predicted molar refractivity (Wildman–Crippen MR) is 93.6 cm³/mol. The van der Waals surface area contributed by atoms with Crippen molar-refractivity contribution in [1.29, 1.82) is 0 Å². The molecule has 1 N–H and O–H groups in total. The highest BCUT2D eigenvalue weighted by Crippen LogP contribution is 2.35. The fourth-order valence-electron chi connectivity index (χ4n) is 3.19. The highest BCUT2D eigenvalue weighted by Gasteiger charge is 2.14. The molecule has 4 heteroatoms. The van der Waals surface area contributed by atoms with E-state index in [-0.39, 0.29) is 7.69 Å². The first-order valence-electron chi connectivity index (χ1n) is 8.10. The van der Waals surface area contributed by atoms with E-state index < -0.39 is 0 Å². The molecule has 0 aliphatic carbocycles. The molecule has 114 valence electrons. The smallest absolute Gasteiger partial charge is 0.504 e. The Kier molecular flexibility index (Phi) is 4.69. The predicted octanol–water partition coefficient (Wildman–Crippen LogP) is 4.01. The van der Waals surface area contributed by atoms with Crippen molar-refractivity contribution in [1.82, 2.24) is 4.57 Å². The largest absolute Gasteiger partial charge is 0.537 e. The van der Waals surface area contributed by atoms with E-state index in [9.17, 15) is 0 Å². The van der Waals surface area contributed by atoms with Crippen molar-refractivity contribution in [3.8, 4) is 5.75 Å². The van der Waals surface area contributed by atoms with Crippen molar-refractivity contribution in [3.05, 3.63) is 42.5 Å². The van der Waals surface area contributed by atoms with Crippen molar-refractivity contribution >= 4 is 29.5 Å². The SMILES string of the molecule is CCCCCCn1c2ccccc2c2cccc(OBO)c21. The molecule has 0 amide bonds. The van der Waals surface area contributed by atoms with Crippen LogP contribution < -0.4 is 4.65 Å². The van der Waals surface area contributed by atoms with Crippen LogP contribution in [0.5, 0.6) is 5.75 Å². The lowest BCUT2D eigenvalue weighted by molar-refractivity contribution is 0.455. The van der Waals surface area contributed by atoms with Crippen LogP contribution >= 0.6 is 0 Å². The van der Waals surface area contributed by atoms with Crippen molar-refractivity contribution in [2.75, 3.05) is 0 Å². The minimum absolute atomic E-state index is 0.295. The maximum Gasteiger partial charge on any atom is 0.504 e. The Balaban J connectivity index is 2.11. The van der Waals surface area contributed by atoms with Crippen LogP contribution in [0.15, 0.2) is 42.5 Å². The third-order valence-corrected chi connectivity index (χ3v) is 4.21. The Labute approximate surface area is 131 Å². The molecule has 0 radical (unpaired) electrons. The first-order chi connectivity index (χ1) is 10.9. The molecule has 22 heavy (non-hydrogen) atoms. The molecular formula is C18H22BNO2. The summed E-state index contributed by atoms with van der Waals surface area (Å²) in [5.74, 6) is 0.756. The van der Waals surface area contributed by atoms with Gasteiger partial charge in [-0.3, -0.25) is 0 Å². The monoisotopic (exact) mass is 295 g/mol. The van der Waals surface area contributed by atoms with E-state index in [4.69, 9.17) is 9.68 Å². The Morgan fingerprint density at radius 1 is 1.00 bits per heavy atom. The Bertz CT molecular complexity index is 766. The van der Waals surface area contributed by atoms with Crippen LogP contribution in [0.25, 0.3) is 21.8 Å². The quantitative estimate of drug-likeness (QED) is 0.528. The molecule has 1 heterocycles. The second-order valence-corrected chi connectivity index (χ2v) is 5.66. The molecule has 0 aliphatic heterocycles. The molecule has 0 aliphatic rings. The van der Waals surface area contributed by atoms with Gasteiger partial charge in [0.2, 0.25) is 0 Å². The van der Waals surface area contributed by atoms with E-state index >= 15 is 0 Å². The van der Waals surface area contributed by atoms with Crippen molar-refractivity contribution < 1.29 is 9.68 Å². The number of fused-ring (bicyclic) bond motifs is 3. The first-order valence-corrected chi connectivity index (χ1v) is 8.10. The van der Waals surface area contributed by atoms with Crippen LogP contribution in [0.3, 0.4) is 0 Å². The number of aromatic nitrogens is 1. The van der Waals surface area contributed by atoms with Crippen molar-refractivity contribution in [2.45, 2.75) is 39.2 Å². The molecule has 0 spiro atoms. The average molecular weight is 295 g/mol. The molecule has 0 unspecified atom stereocenters. The molecule has 3 rings (SSSR count). The summed E-state index contributed by atoms with van der Waals surface area (Å²) >= 11 is 0. The summed E-state index contributed by atoms with van der Waals surface area (Å²) in [6, 6.07) is 14.5. The fourth-order valence-corrected chi connectivity index (χ4v) is 3.19. The summed E-state index contributed by atoms with van der Waals surface area (Å²) in [6.45, 7) is 3.21.